The van der Waals surface area contributed by atoms with Crippen molar-refractivity contribution in [3.63, 3.8) is 0 Å². The van der Waals surface area contributed by atoms with Crippen molar-refractivity contribution in [2.75, 3.05) is 0 Å². The third-order valence-corrected chi connectivity index (χ3v) is 3.70. The maximum atomic E-state index is 10.3. The molecule has 1 aromatic heterocycles. The van der Waals surface area contributed by atoms with Gasteiger partial charge >= 0.3 is 0 Å². The molecule has 1 atom stereocenters. The summed E-state index contributed by atoms with van der Waals surface area (Å²) >= 11 is 3.48. The minimum atomic E-state index is -0.630. The van der Waals surface area contributed by atoms with Crippen molar-refractivity contribution in [3.8, 4) is 0 Å². The Balaban J connectivity index is 2.36. The molecule has 0 aliphatic carbocycles. The average Bonchev–Trinajstić information content (AvgIpc) is 2.80. The van der Waals surface area contributed by atoms with Crippen LogP contribution in [0.3, 0.4) is 0 Å². The summed E-state index contributed by atoms with van der Waals surface area (Å²) in [4.78, 5) is 0. The Hall–Kier alpha value is -1.13. The largest absolute Gasteiger partial charge is 0.382 e. The number of hydrogen-bond acceptors (Lipinski definition) is 2. The summed E-state index contributed by atoms with van der Waals surface area (Å²) < 4.78 is 2.81. The van der Waals surface area contributed by atoms with Crippen LogP contribution in [0.15, 0.2) is 34.9 Å². The molecular weight excluding hydrogens is 280 g/mol. The molecule has 0 amide bonds. The number of aliphatic hydroxyl groups excluding tert-OH is 1. The standard InChI is InChI=1S/C13H15BrN2O/c1-3-16-12(6-7-15-16)13(17)10-5-4-9(2)11(14)8-10/h4-8,13,17H,3H2,1-2H3. The minimum Gasteiger partial charge on any atom is -0.382 e. The molecule has 0 aliphatic rings. The second kappa shape index (κ2) is 5.02. The van der Waals surface area contributed by atoms with E-state index in [1.54, 1.807) is 10.9 Å². The number of rotatable bonds is 3. The first kappa shape index (κ1) is 12.3. The Morgan fingerprint density at radius 1 is 1.41 bits per heavy atom. The van der Waals surface area contributed by atoms with E-state index in [2.05, 4.69) is 21.0 Å². The van der Waals surface area contributed by atoms with E-state index in [1.165, 1.54) is 0 Å². The van der Waals surface area contributed by atoms with Crippen molar-refractivity contribution in [3.05, 3.63) is 51.8 Å². The predicted octanol–water partition coefficient (Wildman–Crippen LogP) is 3.06. The zero-order valence-corrected chi connectivity index (χ0v) is 11.5. The quantitative estimate of drug-likeness (QED) is 0.945. The summed E-state index contributed by atoms with van der Waals surface area (Å²) in [6.07, 6.45) is 1.08. The highest BCUT2D eigenvalue weighted by atomic mass is 79.9. The fraction of sp³-hybridized carbons (Fsp3) is 0.308. The second-order valence-electron chi connectivity index (χ2n) is 3.98. The molecular formula is C13H15BrN2O. The van der Waals surface area contributed by atoms with Crippen LogP contribution in [0.5, 0.6) is 0 Å². The van der Waals surface area contributed by atoms with E-state index in [-0.39, 0.29) is 0 Å². The first-order valence-electron chi connectivity index (χ1n) is 5.59. The lowest BCUT2D eigenvalue weighted by Crippen LogP contribution is -2.09. The van der Waals surface area contributed by atoms with Crippen LogP contribution in [-0.2, 0) is 6.54 Å². The molecule has 2 aromatic rings. The molecule has 1 heterocycles. The van der Waals surface area contributed by atoms with Gasteiger partial charge < -0.3 is 5.11 Å². The van der Waals surface area contributed by atoms with Gasteiger partial charge in [0.15, 0.2) is 0 Å². The molecule has 2 rings (SSSR count). The highest BCUT2D eigenvalue weighted by molar-refractivity contribution is 9.10. The van der Waals surface area contributed by atoms with Crippen molar-refractivity contribution in [2.45, 2.75) is 26.5 Å². The number of aliphatic hydroxyl groups is 1. The van der Waals surface area contributed by atoms with Crippen molar-refractivity contribution >= 4 is 15.9 Å². The van der Waals surface area contributed by atoms with Crippen LogP contribution in [0.25, 0.3) is 0 Å². The van der Waals surface area contributed by atoms with Gasteiger partial charge in [-0.3, -0.25) is 4.68 Å². The van der Waals surface area contributed by atoms with E-state index in [4.69, 9.17) is 0 Å². The van der Waals surface area contributed by atoms with Crippen LogP contribution >= 0.6 is 15.9 Å². The summed E-state index contributed by atoms with van der Waals surface area (Å²) in [5, 5.41) is 14.5. The van der Waals surface area contributed by atoms with Gasteiger partial charge in [0.25, 0.3) is 0 Å². The van der Waals surface area contributed by atoms with Gasteiger partial charge in [-0.2, -0.15) is 5.10 Å². The van der Waals surface area contributed by atoms with Gasteiger partial charge in [-0.1, -0.05) is 28.1 Å². The molecule has 1 aromatic carbocycles. The molecule has 0 fully saturated rings. The van der Waals surface area contributed by atoms with Gasteiger partial charge in [-0.05, 0) is 37.1 Å². The van der Waals surface area contributed by atoms with Crippen molar-refractivity contribution in [1.29, 1.82) is 0 Å². The molecule has 1 unspecified atom stereocenters. The lowest BCUT2D eigenvalue weighted by atomic mass is 10.1. The Bertz CT molecular complexity index is 522. The van der Waals surface area contributed by atoms with Crippen LogP contribution in [0.4, 0.5) is 0 Å². The van der Waals surface area contributed by atoms with Crippen molar-refractivity contribution in [1.82, 2.24) is 9.78 Å². The smallest absolute Gasteiger partial charge is 0.121 e. The fourth-order valence-corrected chi connectivity index (χ4v) is 2.19. The first-order chi connectivity index (χ1) is 8.13. The van der Waals surface area contributed by atoms with Crippen molar-refractivity contribution < 1.29 is 5.11 Å². The minimum absolute atomic E-state index is 0.630. The maximum Gasteiger partial charge on any atom is 0.121 e. The SMILES string of the molecule is CCn1nccc1C(O)c1ccc(C)c(Br)c1. The third-order valence-electron chi connectivity index (χ3n) is 2.84. The number of hydrogen-bond donors (Lipinski definition) is 1. The number of benzene rings is 1. The van der Waals surface area contributed by atoms with Crippen LogP contribution in [0.2, 0.25) is 0 Å². The van der Waals surface area contributed by atoms with Gasteiger partial charge in [0.05, 0.1) is 5.69 Å². The zero-order valence-electron chi connectivity index (χ0n) is 9.89. The molecule has 17 heavy (non-hydrogen) atoms. The summed E-state index contributed by atoms with van der Waals surface area (Å²) in [5.41, 5.74) is 2.85. The van der Waals surface area contributed by atoms with E-state index in [0.717, 1.165) is 27.8 Å². The lowest BCUT2D eigenvalue weighted by Gasteiger charge is -2.13. The first-order valence-corrected chi connectivity index (χ1v) is 6.38. The van der Waals surface area contributed by atoms with Crippen molar-refractivity contribution in [2.24, 2.45) is 0 Å². The Morgan fingerprint density at radius 3 is 2.82 bits per heavy atom. The molecule has 90 valence electrons. The molecule has 0 radical (unpaired) electrons. The van der Waals surface area contributed by atoms with Gasteiger partial charge in [-0.25, -0.2) is 0 Å². The van der Waals surface area contributed by atoms with E-state index in [0.29, 0.717) is 0 Å². The van der Waals surface area contributed by atoms with Crippen LogP contribution in [0, 0.1) is 6.92 Å². The summed E-state index contributed by atoms with van der Waals surface area (Å²) in [6.45, 7) is 4.79. The van der Waals surface area contributed by atoms with Gasteiger partial charge in [-0.15, -0.1) is 0 Å². The highest BCUT2D eigenvalue weighted by Crippen LogP contribution is 2.26. The summed E-state index contributed by atoms with van der Waals surface area (Å²) in [6, 6.07) is 7.74. The molecule has 3 nitrogen and oxygen atoms in total. The Morgan fingerprint density at radius 2 is 2.18 bits per heavy atom. The Labute approximate surface area is 109 Å². The number of halogens is 1. The molecule has 0 aliphatic heterocycles. The van der Waals surface area contributed by atoms with E-state index >= 15 is 0 Å². The number of aromatic nitrogens is 2. The predicted molar refractivity (Wildman–Crippen MR) is 70.8 cm³/mol. The average molecular weight is 295 g/mol. The van der Waals surface area contributed by atoms with Crippen LogP contribution < -0.4 is 0 Å². The summed E-state index contributed by atoms with van der Waals surface area (Å²) in [7, 11) is 0. The van der Waals surface area contributed by atoms with E-state index in [1.807, 2.05) is 38.1 Å². The molecule has 0 spiro atoms. The molecule has 1 N–H and O–H groups in total. The van der Waals surface area contributed by atoms with Gasteiger partial charge in [0.2, 0.25) is 0 Å². The van der Waals surface area contributed by atoms with Gasteiger partial charge in [0.1, 0.15) is 6.10 Å². The Kier molecular flexibility index (Phi) is 3.64. The monoisotopic (exact) mass is 294 g/mol. The van der Waals surface area contributed by atoms with Crippen LogP contribution in [-0.4, -0.2) is 14.9 Å². The van der Waals surface area contributed by atoms with E-state index in [9.17, 15) is 5.11 Å². The highest BCUT2D eigenvalue weighted by Gasteiger charge is 2.15. The topological polar surface area (TPSA) is 38.0 Å². The van der Waals surface area contributed by atoms with Gasteiger partial charge in [0, 0.05) is 17.2 Å². The molecule has 0 saturated carbocycles. The fourth-order valence-electron chi connectivity index (χ4n) is 1.79. The number of aryl methyl sites for hydroxylation is 2. The summed E-state index contributed by atoms with van der Waals surface area (Å²) in [5.74, 6) is 0. The second-order valence-corrected chi connectivity index (χ2v) is 4.84. The zero-order chi connectivity index (χ0) is 12.4. The van der Waals surface area contributed by atoms with Crippen LogP contribution in [0.1, 0.15) is 29.8 Å². The number of nitrogens with zero attached hydrogens (tertiary/aromatic N) is 2. The normalized spacial score (nSPS) is 12.7. The lowest BCUT2D eigenvalue weighted by molar-refractivity contribution is 0.208. The third kappa shape index (κ3) is 2.42. The maximum absolute atomic E-state index is 10.3. The molecule has 4 heteroatoms. The van der Waals surface area contributed by atoms with E-state index < -0.39 is 6.10 Å². The molecule has 0 bridgehead atoms. The molecule has 0 saturated heterocycles.